The standard InChI is InChI=1S/C18H29N3O5S/c1-13-6-5-9-21(11-13)27(25,26)14-10-15(20(4)12-14)17(24)19-18(2,3)8-7-16(22)23/h10,12-13H,5-9,11H2,1-4H3,(H,19,24)(H,22,23). The molecule has 1 unspecified atom stereocenters. The van der Waals surface area contributed by atoms with E-state index in [4.69, 9.17) is 5.11 Å². The van der Waals surface area contributed by atoms with Crippen molar-refractivity contribution < 1.29 is 23.1 Å². The SMILES string of the molecule is CC1CCCN(S(=O)(=O)c2cc(C(=O)NC(C)(C)CCC(=O)O)n(C)c2)C1. The summed E-state index contributed by atoms with van der Waals surface area (Å²) in [4.78, 5) is 23.5. The van der Waals surface area contributed by atoms with Crippen LogP contribution in [0, 0.1) is 5.92 Å². The van der Waals surface area contributed by atoms with E-state index in [1.165, 1.54) is 21.1 Å². The summed E-state index contributed by atoms with van der Waals surface area (Å²) in [5.74, 6) is -1.04. The number of aliphatic carboxylic acids is 1. The van der Waals surface area contributed by atoms with Gasteiger partial charge in [-0.3, -0.25) is 9.59 Å². The minimum atomic E-state index is -3.64. The number of sulfonamides is 1. The summed E-state index contributed by atoms with van der Waals surface area (Å²) >= 11 is 0. The average molecular weight is 400 g/mol. The smallest absolute Gasteiger partial charge is 0.303 e. The number of carbonyl (C=O) groups is 2. The van der Waals surface area contributed by atoms with Gasteiger partial charge in [0, 0.05) is 38.3 Å². The number of piperidine rings is 1. The van der Waals surface area contributed by atoms with Crippen LogP contribution in [0.1, 0.15) is 56.9 Å². The first-order valence-corrected chi connectivity index (χ1v) is 10.6. The summed E-state index contributed by atoms with van der Waals surface area (Å²) in [6.45, 7) is 6.49. The molecule has 0 bridgehead atoms. The molecule has 0 saturated carbocycles. The third-order valence-corrected chi connectivity index (χ3v) is 6.72. The van der Waals surface area contributed by atoms with Gasteiger partial charge in [0.25, 0.3) is 5.91 Å². The highest BCUT2D eigenvalue weighted by molar-refractivity contribution is 7.89. The van der Waals surface area contributed by atoms with Crippen LogP contribution in [-0.4, -0.2) is 52.9 Å². The molecule has 1 atom stereocenters. The highest BCUT2D eigenvalue weighted by Crippen LogP contribution is 2.25. The summed E-state index contributed by atoms with van der Waals surface area (Å²) < 4.78 is 28.8. The van der Waals surface area contributed by atoms with Gasteiger partial charge in [0.2, 0.25) is 10.0 Å². The zero-order valence-corrected chi connectivity index (χ0v) is 17.2. The number of carboxylic acid groups (broad SMARTS) is 1. The van der Waals surface area contributed by atoms with Crippen LogP contribution in [0.3, 0.4) is 0 Å². The Hall–Kier alpha value is -1.87. The number of aromatic nitrogens is 1. The number of carbonyl (C=O) groups excluding carboxylic acids is 1. The Kier molecular flexibility index (Phi) is 6.36. The second-order valence-corrected chi connectivity index (χ2v) is 9.95. The summed E-state index contributed by atoms with van der Waals surface area (Å²) in [5, 5.41) is 11.6. The van der Waals surface area contributed by atoms with E-state index in [9.17, 15) is 18.0 Å². The van der Waals surface area contributed by atoms with Gasteiger partial charge in [-0.2, -0.15) is 4.31 Å². The predicted octanol–water partition coefficient (Wildman–Crippen LogP) is 1.82. The van der Waals surface area contributed by atoms with Crippen LogP contribution in [-0.2, 0) is 21.9 Å². The van der Waals surface area contributed by atoms with Crippen molar-refractivity contribution in [2.75, 3.05) is 13.1 Å². The molecular weight excluding hydrogens is 370 g/mol. The van der Waals surface area contributed by atoms with Gasteiger partial charge in [-0.1, -0.05) is 6.92 Å². The zero-order chi connectivity index (χ0) is 20.4. The second kappa shape index (κ2) is 8.02. The number of hydrogen-bond acceptors (Lipinski definition) is 4. The number of aryl methyl sites for hydroxylation is 1. The van der Waals surface area contributed by atoms with Gasteiger partial charge in [-0.05, 0) is 45.1 Å². The van der Waals surface area contributed by atoms with E-state index in [-0.39, 0.29) is 23.4 Å². The lowest BCUT2D eigenvalue weighted by molar-refractivity contribution is -0.137. The Balaban J connectivity index is 2.17. The fourth-order valence-corrected chi connectivity index (χ4v) is 4.94. The van der Waals surface area contributed by atoms with Crippen molar-refractivity contribution in [1.82, 2.24) is 14.2 Å². The van der Waals surface area contributed by atoms with Gasteiger partial charge in [0.05, 0.1) is 0 Å². The van der Waals surface area contributed by atoms with Crippen molar-refractivity contribution in [2.24, 2.45) is 13.0 Å². The van der Waals surface area contributed by atoms with E-state index in [1.54, 1.807) is 20.9 Å². The maximum atomic E-state index is 12.9. The van der Waals surface area contributed by atoms with E-state index < -0.39 is 27.4 Å². The number of hydrogen-bond donors (Lipinski definition) is 2. The first-order chi connectivity index (χ1) is 12.4. The molecular formula is C18H29N3O5S. The summed E-state index contributed by atoms with van der Waals surface area (Å²) in [5.41, 5.74) is -0.497. The fourth-order valence-electron chi connectivity index (χ4n) is 3.27. The quantitative estimate of drug-likeness (QED) is 0.727. The van der Waals surface area contributed by atoms with E-state index in [0.29, 0.717) is 19.0 Å². The maximum absolute atomic E-state index is 12.9. The van der Waals surface area contributed by atoms with Gasteiger partial charge < -0.3 is 15.0 Å². The molecule has 2 heterocycles. The highest BCUT2D eigenvalue weighted by atomic mass is 32.2. The van der Waals surface area contributed by atoms with Crippen molar-refractivity contribution in [3.63, 3.8) is 0 Å². The lowest BCUT2D eigenvalue weighted by Crippen LogP contribution is -2.44. The Labute approximate surface area is 160 Å². The number of amides is 1. The molecule has 1 amide bonds. The molecule has 8 nitrogen and oxygen atoms in total. The molecule has 1 aliphatic heterocycles. The minimum absolute atomic E-state index is 0.0623. The number of nitrogens with one attached hydrogen (secondary N) is 1. The lowest BCUT2D eigenvalue weighted by atomic mass is 9.98. The largest absolute Gasteiger partial charge is 0.481 e. The Morgan fingerprint density at radius 1 is 1.37 bits per heavy atom. The molecule has 1 saturated heterocycles. The van der Waals surface area contributed by atoms with Crippen molar-refractivity contribution in [2.45, 2.75) is 56.9 Å². The summed E-state index contributed by atoms with van der Waals surface area (Å²) in [7, 11) is -2.02. The monoisotopic (exact) mass is 399 g/mol. The third kappa shape index (κ3) is 5.32. The lowest BCUT2D eigenvalue weighted by Gasteiger charge is -2.29. The molecule has 152 valence electrons. The molecule has 1 aliphatic rings. The molecule has 2 rings (SSSR count). The van der Waals surface area contributed by atoms with Gasteiger partial charge in [-0.15, -0.1) is 0 Å². The summed E-state index contributed by atoms with van der Waals surface area (Å²) in [6, 6.07) is 1.39. The second-order valence-electron chi connectivity index (χ2n) is 8.01. The molecule has 2 N–H and O–H groups in total. The Bertz CT molecular complexity index is 813. The van der Waals surface area contributed by atoms with Crippen molar-refractivity contribution in [3.8, 4) is 0 Å². The van der Waals surface area contributed by atoms with Crippen LogP contribution in [0.15, 0.2) is 17.2 Å². The van der Waals surface area contributed by atoms with Crippen molar-refractivity contribution in [3.05, 3.63) is 18.0 Å². The molecule has 1 fully saturated rings. The first kappa shape index (κ1) is 21.4. The van der Waals surface area contributed by atoms with Gasteiger partial charge >= 0.3 is 5.97 Å². The molecule has 0 aliphatic carbocycles. The zero-order valence-electron chi connectivity index (χ0n) is 16.4. The number of rotatable bonds is 7. The normalized spacial score (nSPS) is 19.0. The van der Waals surface area contributed by atoms with E-state index in [2.05, 4.69) is 5.32 Å². The van der Waals surface area contributed by atoms with Gasteiger partial charge in [0.1, 0.15) is 10.6 Å². The average Bonchev–Trinajstić information content (AvgIpc) is 2.95. The molecule has 27 heavy (non-hydrogen) atoms. The molecule has 1 aromatic rings. The minimum Gasteiger partial charge on any atom is -0.481 e. The summed E-state index contributed by atoms with van der Waals surface area (Å²) in [6.07, 6.45) is 3.51. The Morgan fingerprint density at radius 2 is 2.04 bits per heavy atom. The number of carboxylic acids is 1. The van der Waals surface area contributed by atoms with Crippen LogP contribution in [0.2, 0.25) is 0 Å². The van der Waals surface area contributed by atoms with Crippen molar-refractivity contribution in [1.29, 1.82) is 0 Å². The van der Waals surface area contributed by atoms with E-state index >= 15 is 0 Å². The molecule has 0 aromatic carbocycles. The van der Waals surface area contributed by atoms with E-state index in [1.807, 2.05) is 6.92 Å². The Morgan fingerprint density at radius 3 is 2.63 bits per heavy atom. The molecule has 9 heteroatoms. The van der Waals surface area contributed by atoms with Crippen molar-refractivity contribution >= 4 is 21.9 Å². The van der Waals surface area contributed by atoms with Gasteiger partial charge in [-0.25, -0.2) is 8.42 Å². The van der Waals surface area contributed by atoms with Crippen LogP contribution < -0.4 is 5.32 Å². The molecule has 0 spiro atoms. The molecule has 0 radical (unpaired) electrons. The predicted molar refractivity (Wildman–Crippen MR) is 101 cm³/mol. The van der Waals surface area contributed by atoms with Gasteiger partial charge in [0.15, 0.2) is 0 Å². The third-order valence-electron chi connectivity index (χ3n) is 4.89. The van der Waals surface area contributed by atoms with Crippen LogP contribution in [0.4, 0.5) is 0 Å². The van der Waals surface area contributed by atoms with Crippen LogP contribution in [0.5, 0.6) is 0 Å². The fraction of sp³-hybridized carbons (Fsp3) is 0.667. The topological polar surface area (TPSA) is 109 Å². The van der Waals surface area contributed by atoms with Crippen LogP contribution in [0.25, 0.3) is 0 Å². The highest BCUT2D eigenvalue weighted by Gasteiger charge is 2.31. The molecule has 1 aromatic heterocycles. The van der Waals surface area contributed by atoms with Crippen LogP contribution >= 0.6 is 0 Å². The van der Waals surface area contributed by atoms with E-state index in [0.717, 1.165) is 12.8 Å². The first-order valence-electron chi connectivity index (χ1n) is 9.13. The number of nitrogens with zero attached hydrogens (tertiary/aromatic N) is 2. The maximum Gasteiger partial charge on any atom is 0.303 e.